The van der Waals surface area contributed by atoms with Crippen molar-refractivity contribution >= 4 is 0 Å². The summed E-state index contributed by atoms with van der Waals surface area (Å²) in [6.07, 6.45) is 2.12. The first-order chi connectivity index (χ1) is 7.58. The van der Waals surface area contributed by atoms with E-state index in [2.05, 4.69) is 12.2 Å². The van der Waals surface area contributed by atoms with Gasteiger partial charge in [0.15, 0.2) is 0 Å². The number of hydrogen-bond donors (Lipinski definition) is 1. The Labute approximate surface area is 94.9 Å². The van der Waals surface area contributed by atoms with Crippen LogP contribution in [0.15, 0.2) is 18.2 Å². The molecule has 1 saturated carbocycles. The highest BCUT2D eigenvalue weighted by Crippen LogP contribution is 2.48. The maximum atomic E-state index is 13.2. The smallest absolute Gasteiger partial charge is 0.126 e. The van der Waals surface area contributed by atoms with E-state index < -0.39 is 11.6 Å². The lowest BCUT2D eigenvalue weighted by Crippen LogP contribution is -2.49. The van der Waals surface area contributed by atoms with Crippen molar-refractivity contribution in [2.45, 2.75) is 25.2 Å². The van der Waals surface area contributed by atoms with E-state index in [1.165, 1.54) is 12.1 Å². The van der Waals surface area contributed by atoms with Crippen LogP contribution in [-0.2, 0) is 5.41 Å². The van der Waals surface area contributed by atoms with E-state index in [-0.39, 0.29) is 5.41 Å². The van der Waals surface area contributed by atoms with Gasteiger partial charge in [-0.2, -0.15) is 0 Å². The van der Waals surface area contributed by atoms with Crippen molar-refractivity contribution in [3.8, 4) is 0 Å². The van der Waals surface area contributed by atoms with Crippen LogP contribution in [0.25, 0.3) is 0 Å². The van der Waals surface area contributed by atoms with Crippen LogP contribution < -0.4 is 5.32 Å². The van der Waals surface area contributed by atoms with Gasteiger partial charge in [-0.05, 0) is 43.5 Å². The molecular formula is C13H17F2N. The molecule has 2 rings (SSSR count). The van der Waals surface area contributed by atoms with Gasteiger partial charge in [0.25, 0.3) is 0 Å². The van der Waals surface area contributed by atoms with Gasteiger partial charge in [0.2, 0.25) is 0 Å². The van der Waals surface area contributed by atoms with Crippen molar-refractivity contribution < 1.29 is 8.78 Å². The lowest BCUT2D eigenvalue weighted by molar-refractivity contribution is 0.136. The minimum absolute atomic E-state index is 0.0856. The van der Waals surface area contributed by atoms with Gasteiger partial charge in [-0.1, -0.05) is 6.92 Å². The van der Waals surface area contributed by atoms with Crippen LogP contribution in [0.5, 0.6) is 0 Å². The van der Waals surface area contributed by atoms with Gasteiger partial charge < -0.3 is 5.32 Å². The highest BCUT2D eigenvalue weighted by molar-refractivity contribution is 5.31. The molecule has 2 atom stereocenters. The van der Waals surface area contributed by atoms with E-state index >= 15 is 0 Å². The van der Waals surface area contributed by atoms with Gasteiger partial charge in [-0.25, -0.2) is 8.78 Å². The van der Waals surface area contributed by atoms with Crippen molar-refractivity contribution in [1.29, 1.82) is 0 Å². The first-order valence-electron chi connectivity index (χ1n) is 5.69. The summed E-state index contributed by atoms with van der Waals surface area (Å²) in [5.74, 6) is -0.490. The zero-order valence-corrected chi connectivity index (χ0v) is 9.69. The highest BCUT2D eigenvalue weighted by atomic mass is 19.1. The largest absolute Gasteiger partial charge is 0.319 e. The van der Waals surface area contributed by atoms with Crippen LogP contribution >= 0.6 is 0 Å². The first kappa shape index (κ1) is 11.5. The van der Waals surface area contributed by atoms with E-state index in [1.54, 1.807) is 0 Å². The molecule has 1 aliphatic rings. The summed E-state index contributed by atoms with van der Waals surface area (Å²) in [6.45, 7) is 2.92. The number of likely N-dealkylation sites (N-methyl/N-ethyl adjacent to an activating group) is 1. The van der Waals surface area contributed by atoms with E-state index in [0.29, 0.717) is 5.92 Å². The fourth-order valence-corrected chi connectivity index (χ4v) is 2.73. The second kappa shape index (κ2) is 4.13. The molecule has 1 N–H and O–H groups in total. The number of nitrogens with one attached hydrogen (secondary N) is 1. The Morgan fingerprint density at radius 3 is 2.31 bits per heavy atom. The molecule has 0 heterocycles. The summed E-state index contributed by atoms with van der Waals surface area (Å²) < 4.78 is 26.5. The molecule has 3 heteroatoms. The Balaban J connectivity index is 2.39. The Morgan fingerprint density at radius 1 is 1.31 bits per heavy atom. The van der Waals surface area contributed by atoms with Crippen LogP contribution in [-0.4, -0.2) is 13.6 Å². The Kier molecular flexibility index (Phi) is 2.98. The summed E-state index contributed by atoms with van der Waals surface area (Å²) in [7, 11) is 1.88. The zero-order valence-electron chi connectivity index (χ0n) is 9.69. The van der Waals surface area contributed by atoms with Crippen LogP contribution in [0.4, 0.5) is 8.78 Å². The molecule has 0 saturated heterocycles. The summed E-state index contributed by atoms with van der Waals surface area (Å²) in [5, 5.41) is 3.13. The zero-order chi connectivity index (χ0) is 11.8. The molecule has 1 aromatic rings. The maximum Gasteiger partial charge on any atom is 0.126 e. The summed E-state index contributed by atoms with van der Waals surface area (Å²) in [4.78, 5) is 0. The molecule has 1 aromatic carbocycles. The molecule has 88 valence electrons. The summed E-state index contributed by atoms with van der Waals surface area (Å²) in [5.41, 5.74) is 0.704. The molecule has 0 amide bonds. The van der Waals surface area contributed by atoms with Gasteiger partial charge >= 0.3 is 0 Å². The minimum Gasteiger partial charge on any atom is -0.319 e. The number of benzene rings is 1. The SMILES string of the molecule is CNCC1(c2cc(F)cc(F)c2)CCC1C. The monoisotopic (exact) mass is 225 g/mol. The normalized spacial score (nSPS) is 28.9. The van der Waals surface area contributed by atoms with Gasteiger partial charge in [-0.3, -0.25) is 0 Å². The first-order valence-corrected chi connectivity index (χ1v) is 5.69. The molecule has 0 spiro atoms. The molecule has 1 nitrogen and oxygen atoms in total. The fourth-order valence-electron chi connectivity index (χ4n) is 2.73. The average Bonchev–Trinajstić information content (AvgIpc) is 2.22. The van der Waals surface area contributed by atoms with Gasteiger partial charge in [-0.15, -0.1) is 0 Å². The lowest BCUT2D eigenvalue weighted by atomic mass is 9.57. The average molecular weight is 225 g/mol. The van der Waals surface area contributed by atoms with Crippen molar-refractivity contribution in [2.75, 3.05) is 13.6 Å². The molecule has 1 fully saturated rings. The molecule has 0 bridgehead atoms. The van der Waals surface area contributed by atoms with Crippen molar-refractivity contribution in [3.05, 3.63) is 35.4 Å². The van der Waals surface area contributed by atoms with E-state index in [4.69, 9.17) is 0 Å². The van der Waals surface area contributed by atoms with Crippen LogP contribution in [0.2, 0.25) is 0 Å². The predicted molar refractivity (Wildman–Crippen MR) is 60.4 cm³/mol. The summed E-state index contributed by atoms with van der Waals surface area (Å²) in [6, 6.07) is 3.87. The summed E-state index contributed by atoms with van der Waals surface area (Å²) >= 11 is 0. The van der Waals surface area contributed by atoms with E-state index in [0.717, 1.165) is 31.0 Å². The molecule has 16 heavy (non-hydrogen) atoms. The predicted octanol–water partition coefficient (Wildman–Crippen LogP) is 2.85. The van der Waals surface area contributed by atoms with Crippen molar-refractivity contribution in [3.63, 3.8) is 0 Å². The highest BCUT2D eigenvalue weighted by Gasteiger charge is 2.45. The second-order valence-corrected chi connectivity index (χ2v) is 4.78. The fraction of sp³-hybridized carbons (Fsp3) is 0.538. The molecule has 0 aromatic heterocycles. The number of hydrogen-bond acceptors (Lipinski definition) is 1. The van der Waals surface area contributed by atoms with Crippen molar-refractivity contribution in [2.24, 2.45) is 5.92 Å². The van der Waals surface area contributed by atoms with E-state index in [9.17, 15) is 8.78 Å². The molecule has 0 radical (unpaired) electrons. The Morgan fingerprint density at radius 2 is 1.94 bits per heavy atom. The van der Waals surface area contributed by atoms with Gasteiger partial charge in [0, 0.05) is 18.0 Å². The topological polar surface area (TPSA) is 12.0 Å². The standard InChI is InChI=1S/C13H17F2N/c1-9-3-4-13(9,8-16-2)10-5-11(14)7-12(15)6-10/h5-7,9,16H,3-4,8H2,1-2H3. The van der Waals surface area contributed by atoms with Crippen LogP contribution in [0.3, 0.4) is 0 Å². The van der Waals surface area contributed by atoms with Gasteiger partial charge in [0.05, 0.1) is 0 Å². The molecular weight excluding hydrogens is 208 g/mol. The maximum absolute atomic E-state index is 13.2. The molecule has 1 aliphatic carbocycles. The third kappa shape index (κ3) is 1.73. The Hall–Kier alpha value is -0.960. The quantitative estimate of drug-likeness (QED) is 0.834. The molecule has 0 aliphatic heterocycles. The van der Waals surface area contributed by atoms with Crippen molar-refractivity contribution in [1.82, 2.24) is 5.32 Å². The minimum atomic E-state index is -0.482. The Bertz CT molecular complexity index is 371. The number of halogens is 2. The second-order valence-electron chi connectivity index (χ2n) is 4.78. The van der Waals surface area contributed by atoms with Crippen LogP contribution in [0, 0.1) is 17.6 Å². The lowest BCUT2D eigenvalue weighted by Gasteiger charge is -2.49. The van der Waals surface area contributed by atoms with Gasteiger partial charge in [0.1, 0.15) is 11.6 Å². The number of rotatable bonds is 3. The van der Waals surface area contributed by atoms with E-state index in [1.807, 2.05) is 7.05 Å². The third-order valence-corrected chi connectivity index (χ3v) is 3.90. The third-order valence-electron chi connectivity index (χ3n) is 3.90. The molecule has 2 unspecified atom stereocenters. The van der Waals surface area contributed by atoms with Crippen LogP contribution in [0.1, 0.15) is 25.3 Å².